The number of halogens is 4. The van der Waals surface area contributed by atoms with Crippen LogP contribution in [-0.4, -0.2) is 13.4 Å². The molecule has 97 heavy (non-hydrogen) atoms. The van der Waals surface area contributed by atoms with E-state index in [-0.39, 0.29) is 16.3 Å². The molecule has 0 spiro atoms. The number of rotatable bonds is 11. The molecule has 0 saturated carbocycles. The van der Waals surface area contributed by atoms with Crippen LogP contribution in [0.4, 0.5) is 103 Å². The Morgan fingerprint density at radius 1 is 0.299 bits per heavy atom. The van der Waals surface area contributed by atoms with Crippen LogP contribution in [0.15, 0.2) is 343 Å². The number of hydrogen-bond acceptors (Lipinski definition) is 6. The summed E-state index contributed by atoms with van der Waals surface area (Å²) < 4.78 is 72.2. The number of hydrogen-bond donors (Lipinski definition) is 0. The summed E-state index contributed by atoms with van der Waals surface area (Å²) in [6.07, 6.45) is -5.01. The summed E-state index contributed by atoms with van der Waals surface area (Å²) in [5.41, 5.74) is 17.8. The lowest BCUT2D eigenvalue weighted by molar-refractivity contribution is -0.139. The van der Waals surface area contributed by atoms with Crippen molar-refractivity contribution in [1.82, 2.24) is 0 Å². The van der Waals surface area contributed by atoms with Gasteiger partial charge in [0.25, 0.3) is 6.71 Å². The maximum absolute atomic E-state index is 18.2. The van der Waals surface area contributed by atoms with Crippen molar-refractivity contribution in [2.75, 3.05) is 24.5 Å². The van der Waals surface area contributed by atoms with Gasteiger partial charge in [-0.2, -0.15) is 13.2 Å². The fraction of sp³-hybridized carbons (Fsp3) is 0.0118. The summed E-state index contributed by atoms with van der Waals surface area (Å²) in [6.45, 7) is -1.47. The zero-order chi connectivity index (χ0) is 64.9. The Hall–Kier alpha value is -11.7. The molecule has 0 unspecified atom stereocenters. The Bertz CT molecular complexity index is 5220. The summed E-state index contributed by atoms with van der Waals surface area (Å²) in [5.74, 6) is -0.667. The van der Waals surface area contributed by atoms with Gasteiger partial charge in [-0.05, 0) is 171 Å². The topological polar surface area (TPSA) is 16.2 Å². The van der Waals surface area contributed by atoms with E-state index in [1.807, 2.05) is 164 Å². The van der Waals surface area contributed by atoms with Crippen LogP contribution in [0, 0.1) is 5.82 Å². The van der Waals surface area contributed by atoms with Crippen LogP contribution in [0.5, 0.6) is 0 Å². The molecule has 0 atom stereocenters. The highest BCUT2D eigenvalue weighted by molar-refractivity contribution is 8.00. The molecule has 0 amide bonds. The minimum Gasteiger partial charge on any atom is -0.311 e. The molecule has 4 aliphatic heterocycles. The first-order chi connectivity index (χ1) is 47.7. The van der Waals surface area contributed by atoms with Gasteiger partial charge in [0.2, 0.25) is 6.71 Å². The van der Waals surface area contributed by atoms with Gasteiger partial charge < -0.3 is 24.5 Å². The summed E-state index contributed by atoms with van der Waals surface area (Å²) in [6, 6.07) is 111. The highest BCUT2D eigenvalue weighted by Gasteiger charge is 2.53. The smallest absolute Gasteiger partial charge is 0.311 e. The Labute approximate surface area is 565 Å². The zero-order valence-electron chi connectivity index (χ0n) is 52.1. The molecule has 0 aliphatic carbocycles. The quantitative estimate of drug-likeness (QED) is 0.0941. The first kappa shape index (κ1) is 57.9. The molecule has 0 bridgehead atoms. The number of para-hydroxylation sites is 7. The molecular formula is C85H55B2F4N5S. The minimum atomic E-state index is -5.01. The Morgan fingerprint density at radius 2 is 0.670 bits per heavy atom. The SMILES string of the molecule is Fc1ccccc1N1c2cc(N(c3ccccc3)c3ccccc3)cc3c2B(c2ccccc2N3c2ccccc2)c2cc3c(c(C(F)(F)F)c21)Sc1cc(N(c2ccc(-c4ccccc4)cc2)c2ccc(-c4ccccc4)cc2)cc2c1B3c1ccccc1N2c1ccccc1. The van der Waals surface area contributed by atoms with Gasteiger partial charge in [0, 0.05) is 78.0 Å². The van der Waals surface area contributed by atoms with Crippen LogP contribution in [0.2, 0.25) is 0 Å². The second-order valence-electron chi connectivity index (χ2n) is 24.8. The maximum atomic E-state index is 18.2. The van der Waals surface area contributed by atoms with Gasteiger partial charge in [-0.1, -0.05) is 230 Å². The Balaban J connectivity index is 0.929. The lowest BCUT2D eigenvalue weighted by Gasteiger charge is -2.47. The summed E-state index contributed by atoms with van der Waals surface area (Å²) in [4.78, 5) is 11.2. The predicted molar refractivity (Wildman–Crippen MR) is 396 cm³/mol. The standard InChI is InChI=1S/C85H55B2F4N5S/c88-72-39-21-24-42-75(72)96-77-52-66(92(60-29-11-3-12-30-60)61-31-13-4-14-32-61)51-76-81(77)86(68-37-19-22-40-73(68)94(76)62-33-15-5-16-34-62)70-55-71-84(80(83(70)96)85(89,90)91)97-79-54-67(53-78-82(79)87(71)69-38-20-23-41-74(69)95(78)63-35-17-6-18-36-63)93(64-47-43-58(44-48-64)56-25-7-1-8-26-56)65-49-45-59(46-50-65)57-27-9-2-10-28-57/h1-55H. The van der Waals surface area contributed by atoms with Crippen molar-refractivity contribution in [2.24, 2.45) is 0 Å². The monoisotopic (exact) mass is 1280 g/mol. The lowest BCUT2D eigenvalue weighted by Crippen LogP contribution is -2.65. The maximum Gasteiger partial charge on any atom is 0.419 e. The van der Waals surface area contributed by atoms with Crippen molar-refractivity contribution < 1.29 is 17.6 Å². The van der Waals surface area contributed by atoms with Crippen LogP contribution >= 0.6 is 11.8 Å². The average molecular weight is 1280 g/mol. The molecule has 0 aromatic heterocycles. The number of anilines is 15. The van der Waals surface area contributed by atoms with E-state index in [0.29, 0.717) is 27.2 Å². The third-order valence-corrected chi connectivity index (χ3v) is 20.5. The number of fused-ring (bicyclic) bond motifs is 8. The van der Waals surface area contributed by atoms with Crippen LogP contribution in [-0.2, 0) is 6.18 Å². The van der Waals surface area contributed by atoms with E-state index in [4.69, 9.17) is 0 Å². The minimum absolute atomic E-state index is 0.0115. The van der Waals surface area contributed by atoms with Gasteiger partial charge in [0.05, 0.1) is 22.6 Å². The van der Waals surface area contributed by atoms with Gasteiger partial charge in [0.15, 0.2) is 0 Å². The van der Waals surface area contributed by atoms with Crippen LogP contribution in [0.1, 0.15) is 5.56 Å². The third-order valence-electron chi connectivity index (χ3n) is 19.3. The first-order valence-electron chi connectivity index (χ1n) is 32.5. The number of nitrogens with zero attached hydrogens (tertiary/aromatic N) is 5. The van der Waals surface area contributed by atoms with E-state index in [1.165, 1.54) is 6.07 Å². The van der Waals surface area contributed by atoms with E-state index in [1.54, 1.807) is 23.1 Å². The summed E-state index contributed by atoms with van der Waals surface area (Å²) in [7, 11) is 0. The van der Waals surface area contributed by atoms with Crippen molar-refractivity contribution in [3.8, 4) is 22.3 Å². The number of alkyl halides is 3. The van der Waals surface area contributed by atoms with E-state index < -0.39 is 31.0 Å². The summed E-state index contributed by atoms with van der Waals surface area (Å²) in [5, 5.41) is 0. The van der Waals surface area contributed by atoms with Crippen molar-refractivity contribution >= 4 is 143 Å². The summed E-state index contributed by atoms with van der Waals surface area (Å²) >= 11 is 1.15. The molecule has 0 radical (unpaired) electrons. The molecule has 4 heterocycles. The van der Waals surface area contributed by atoms with E-state index in [9.17, 15) is 0 Å². The van der Waals surface area contributed by atoms with E-state index in [2.05, 4.69) is 165 Å². The van der Waals surface area contributed by atoms with Crippen molar-refractivity contribution in [3.63, 3.8) is 0 Å². The predicted octanol–water partition coefficient (Wildman–Crippen LogP) is 20.0. The Kier molecular flexibility index (Phi) is 13.9. The third kappa shape index (κ3) is 9.64. The van der Waals surface area contributed by atoms with E-state index in [0.717, 1.165) is 118 Å². The van der Waals surface area contributed by atoms with Gasteiger partial charge in [-0.3, -0.25) is 0 Å². The lowest BCUT2D eigenvalue weighted by atomic mass is 9.30. The highest BCUT2D eigenvalue weighted by Crippen LogP contribution is 2.55. The van der Waals surface area contributed by atoms with Gasteiger partial charge in [-0.15, -0.1) is 0 Å². The molecule has 460 valence electrons. The molecular weight excluding hydrogens is 1220 g/mol. The molecule has 12 heteroatoms. The number of benzene rings is 14. The second-order valence-corrected chi connectivity index (χ2v) is 25.8. The largest absolute Gasteiger partial charge is 0.419 e. The van der Waals surface area contributed by atoms with Crippen molar-refractivity contribution in [2.45, 2.75) is 16.0 Å². The highest BCUT2D eigenvalue weighted by atomic mass is 32.2. The van der Waals surface area contributed by atoms with Crippen LogP contribution < -0.4 is 57.3 Å². The fourth-order valence-electron chi connectivity index (χ4n) is 15.3. The molecule has 0 N–H and O–H groups in total. The van der Waals surface area contributed by atoms with E-state index >= 15 is 17.6 Å². The molecule has 4 aliphatic rings. The fourth-order valence-corrected chi connectivity index (χ4v) is 16.6. The molecule has 0 fully saturated rings. The Morgan fingerprint density at radius 3 is 1.14 bits per heavy atom. The molecule has 18 rings (SSSR count). The molecule has 14 aromatic rings. The van der Waals surface area contributed by atoms with Crippen molar-refractivity contribution in [1.29, 1.82) is 0 Å². The van der Waals surface area contributed by atoms with Gasteiger partial charge in [0.1, 0.15) is 5.82 Å². The molecule has 14 aromatic carbocycles. The second kappa shape index (κ2) is 23.3. The normalized spacial score (nSPS) is 13.0. The zero-order valence-corrected chi connectivity index (χ0v) is 52.9. The van der Waals surface area contributed by atoms with Crippen molar-refractivity contribution in [3.05, 3.63) is 345 Å². The van der Waals surface area contributed by atoms with Crippen LogP contribution in [0.3, 0.4) is 0 Å². The first-order valence-corrected chi connectivity index (χ1v) is 33.3. The average Bonchev–Trinajstić information content (AvgIpc) is 0.681. The van der Waals surface area contributed by atoms with Crippen LogP contribution in [0.25, 0.3) is 22.3 Å². The molecule has 0 saturated heterocycles. The molecule has 5 nitrogen and oxygen atoms in total. The van der Waals surface area contributed by atoms with Gasteiger partial charge in [-0.25, -0.2) is 4.39 Å². The van der Waals surface area contributed by atoms with Gasteiger partial charge >= 0.3 is 6.18 Å².